The van der Waals surface area contributed by atoms with E-state index in [0.717, 1.165) is 64.3 Å². The number of hydrogen-bond acceptors (Lipinski definition) is 3. The van der Waals surface area contributed by atoms with E-state index in [2.05, 4.69) is 12.2 Å². The maximum atomic E-state index is 12.7. The Morgan fingerprint density at radius 3 is 2.58 bits per heavy atom. The highest BCUT2D eigenvalue weighted by atomic mass is 16.3. The highest BCUT2D eigenvalue weighted by Crippen LogP contribution is 2.32. The molecule has 1 heterocycles. The second kappa shape index (κ2) is 8.84. The quantitative estimate of drug-likeness (QED) is 0.732. The molecule has 5 heteroatoms. The Hall–Kier alpha value is -1.10. The van der Waals surface area contributed by atoms with Gasteiger partial charge in [0, 0.05) is 19.1 Å². The van der Waals surface area contributed by atoms with Gasteiger partial charge in [0.1, 0.15) is 0 Å². The van der Waals surface area contributed by atoms with Crippen LogP contribution in [0.2, 0.25) is 0 Å². The molecule has 5 nitrogen and oxygen atoms in total. The Bertz CT molecular complexity index is 432. The smallest absolute Gasteiger partial charge is 0.225 e. The highest BCUT2D eigenvalue weighted by Gasteiger charge is 2.37. The first-order chi connectivity index (χ1) is 11.4. The average Bonchev–Trinajstić information content (AvgIpc) is 2.55. The second-order valence-electron chi connectivity index (χ2n) is 7.78. The lowest BCUT2D eigenvalue weighted by Crippen LogP contribution is -2.51. The molecular formula is C19H34N2O3. The molecule has 2 rings (SSSR count). The van der Waals surface area contributed by atoms with Crippen LogP contribution < -0.4 is 5.32 Å². The van der Waals surface area contributed by atoms with E-state index in [1.807, 2.05) is 11.8 Å². The normalized spacial score (nSPS) is 26.9. The molecular weight excluding hydrogens is 304 g/mol. The van der Waals surface area contributed by atoms with Gasteiger partial charge in [-0.25, -0.2) is 0 Å². The van der Waals surface area contributed by atoms with Gasteiger partial charge < -0.3 is 15.3 Å². The van der Waals surface area contributed by atoms with Gasteiger partial charge in [-0.15, -0.1) is 0 Å². The average molecular weight is 338 g/mol. The molecule has 0 radical (unpaired) electrons. The monoisotopic (exact) mass is 338 g/mol. The van der Waals surface area contributed by atoms with E-state index in [9.17, 15) is 14.7 Å². The van der Waals surface area contributed by atoms with Crippen molar-refractivity contribution in [2.24, 2.45) is 5.92 Å². The van der Waals surface area contributed by atoms with Crippen molar-refractivity contribution < 1.29 is 14.7 Å². The third-order valence-corrected chi connectivity index (χ3v) is 5.67. The maximum Gasteiger partial charge on any atom is 0.225 e. The molecule has 0 aromatic heterocycles. The molecule has 24 heavy (non-hydrogen) atoms. The summed E-state index contributed by atoms with van der Waals surface area (Å²) < 4.78 is 0. The number of rotatable bonds is 6. The van der Waals surface area contributed by atoms with Crippen LogP contribution in [0.15, 0.2) is 0 Å². The molecule has 1 aliphatic carbocycles. The minimum atomic E-state index is -0.828. The lowest BCUT2D eigenvalue weighted by molar-refractivity contribution is -0.143. The van der Waals surface area contributed by atoms with Crippen LogP contribution in [0.3, 0.4) is 0 Å². The predicted molar refractivity (Wildman–Crippen MR) is 94.5 cm³/mol. The summed E-state index contributed by atoms with van der Waals surface area (Å²) in [6.07, 6.45) is 8.56. The van der Waals surface area contributed by atoms with E-state index < -0.39 is 5.60 Å². The molecule has 1 aliphatic heterocycles. The number of piperidine rings is 1. The standard InChI is InChI=1S/C19H34N2O3/c1-3-4-12-20-18(23)16-9-8-15(2)21(14-16)17(22)13-19(24)10-6-5-7-11-19/h15-16,24H,3-14H2,1-2H3,(H,20,23). The van der Waals surface area contributed by atoms with Gasteiger partial charge in [-0.3, -0.25) is 9.59 Å². The Morgan fingerprint density at radius 2 is 1.92 bits per heavy atom. The first-order valence-electron chi connectivity index (χ1n) is 9.75. The van der Waals surface area contributed by atoms with Crippen LogP contribution in [0.25, 0.3) is 0 Å². The second-order valence-corrected chi connectivity index (χ2v) is 7.78. The molecule has 0 spiro atoms. The van der Waals surface area contributed by atoms with Crippen LogP contribution in [0, 0.1) is 5.92 Å². The Morgan fingerprint density at radius 1 is 1.21 bits per heavy atom. The van der Waals surface area contributed by atoms with E-state index in [4.69, 9.17) is 0 Å². The Labute approximate surface area is 146 Å². The maximum absolute atomic E-state index is 12.7. The number of nitrogens with one attached hydrogen (secondary N) is 1. The van der Waals surface area contributed by atoms with Crippen LogP contribution in [0.1, 0.15) is 78.1 Å². The summed E-state index contributed by atoms with van der Waals surface area (Å²) in [5.41, 5.74) is -0.828. The summed E-state index contributed by atoms with van der Waals surface area (Å²) in [4.78, 5) is 26.9. The number of amides is 2. The summed E-state index contributed by atoms with van der Waals surface area (Å²) in [6, 6.07) is 0.157. The van der Waals surface area contributed by atoms with E-state index in [1.165, 1.54) is 0 Å². The number of hydrogen-bond donors (Lipinski definition) is 2. The zero-order chi connectivity index (χ0) is 17.6. The number of nitrogens with zero attached hydrogens (tertiary/aromatic N) is 1. The fraction of sp³-hybridized carbons (Fsp3) is 0.895. The molecule has 1 saturated heterocycles. The fourth-order valence-electron chi connectivity index (χ4n) is 3.97. The topological polar surface area (TPSA) is 69.6 Å². The number of unbranched alkanes of at least 4 members (excludes halogenated alkanes) is 1. The number of aliphatic hydroxyl groups is 1. The molecule has 2 unspecified atom stereocenters. The van der Waals surface area contributed by atoms with E-state index in [-0.39, 0.29) is 30.2 Å². The molecule has 0 aromatic rings. The number of carbonyl (C=O) groups excluding carboxylic acids is 2. The number of carbonyl (C=O) groups is 2. The Balaban J connectivity index is 1.90. The zero-order valence-corrected chi connectivity index (χ0v) is 15.4. The summed E-state index contributed by atoms with van der Waals surface area (Å²) in [5.74, 6) is -0.0227. The highest BCUT2D eigenvalue weighted by molar-refractivity contribution is 5.82. The van der Waals surface area contributed by atoms with Gasteiger partial charge in [-0.1, -0.05) is 32.6 Å². The molecule has 0 bridgehead atoms. The zero-order valence-electron chi connectivity index (χ0n) is 15.4. The molecule has 1 saturated carbocycles. The Kier molecular flexibility index (Phi) is 7.08. The molecule has 2 fully saturated rings. The van der Waals surface area contributed by atoms with E-state index >= 15 is 0 Å². The van der Waals surface area contributed by atoms with Gasteiger partial charge in [0.25, 0.3) is 0 Å². The van der Waals surface area contributed by atoms with Gasteiger partial charge >= 0.3 is 0 Å². The van der Waals surface area contributed by atoms with Crippen molar-refractivity contribution in [1.82, 2.24) is 10.2 Å². The van der Waals surface area contributed by atoms with Gasteiger partial charge in [-0.05, 0) is 39.0 Å². The minimum absolute atomic E-state index is 0.0120. The molecule has 2 aliphatic rings. The van der Waals surface area contributed by atoms with Crippen LogP contribution in [0.4, 0.5) is 0 Å². The van der Waals surface area contributed by atoms with Gasteiger partial charge in [-0.2, -0.15) is 0 Å². The van der Waals surface area contributed by atoms with E-state index in [0.29, 0.717) is 6.54 Å². The molecule has 2 N–H and O–H groups in total. The lowest BCUT2D eigenvalue weighted by atomic mass is 9.81. The first kappa shape index (κ1) is 19.2. The van der Waals surface area contributed by atoms with Crippen molar-refractivity contribution in [1.29, 1.82) is 0 Å². The fourth-order valence-corrected chi connectivity index (χ4v) is 3.97. The van der Waals surface area contributed by atoms with Crippen molar-refractivity contribution in [2.75, 3.05) is 13.1 Å². The molecule has 2 amide bonds. The van der Waals surface area contributed by atoms with Gasteiger partial charge in [0.15, 0.2) is 0 Å². The van der Waals surface area contributed by atoms with Crippen molar-refractivity contribution in [3.05, 3.63) is 0 Å². The van der Waals surface area contributed by atoms with E-state index in [1.54, 1.807) is 0 Å². The lowest BCUT2D eigenvalue weighted by Gasteiger charge is -2.40. The molecule has 2 atom stereocenters. The third kappa shape index (κ3) is 5.20. The van der Waals surface area contributed by atoms with Crippen LogP contribution in [-0.2, 0) is 9.59 Å². The van der Waals surface area contributed by atoms with Crippen molar-refractivity contribution in [3.63, 3.8) is 0 Å². The van der Waals surface area contributed by atoms with Crippen LogP contribution >= 0.6 is 0 Å². The van der Waals surface area contributed by atoms with Crippen molar-refractivity contribution in [2.45, 2.75) is 89.7 Å². The summed E-state index contributed by atoms with van der Waals surface area (Å²) in [6.45, 7) is 5.36. The SMILES string of the molecule is CCCCNC(=O)C1CCC(C)N(C(=O)CC2(O)CCCCC2)C1. The molecule has 138 valence electrons. The largest absolute Gasteiger partial charge is 0.389 e. The van der Waals surface area contributed by atoms with Crippen LogP contribution in [0.5, 0.6) is 0 Å². The third-order valence-electron chi connectivity index (χ3n) is 5.67. The summed E-state index contributed by atoms with van der Waals surface area (Å²) in [7, 11) is 0. The molecule has 0 aromatic carbocycles. The number of likely N-dealkylation sites (tertiary alicyclic amines) is 1. The van der Waals surface area contributed by atoms with Crippen molar-refractivity contribution in [3.8, 4) is 0 Å². The van der Waals surface area contributed by atoms with Gasteiger partial charge in [0.05, 0.1) is 17.9 Å². The first-order valence-corrected chi connectivity index (χ1v) is 9.75. The minimum Gasteiger partial charge on any atom is -0.389 e. The van der Waals surface area contributed by atoms with Crippen LogP contribution in [-0.4, -0.2) is 46.6 Å². The summed E-state index contributed by atoms with van der Waals surface area (Å²) >= 11 is 0. The summed E-state index contributed by atoms with van der Waals surface area (Å²) in [5, 5.41) is 13.6. The van der Waals surface area contributed by atoms with Gasteiger partial charge in [0.2, 0.25) is 11.8 Å². The predicted octanol–water partition coefficient (Wildman–Crippen LogP) is 2.62. The van der Waals surface area contributed by atoms with Crippen molar-refractivity contribution >= 4 is 11.8 Å².